The molecule has 1 aromatic heterocycles. The monoisotopic (exact) mass is 469 g/mol. The number of hydrogen-bond donors (Lipinski definition) is 2. The third-order valence-corrected chi connectivity index (χ3v) is 6.92. The zero-order valence-corrected chi connectivity index (χ0v) is 18.8. The molecule has 1 heterocycles. The van der Waals surface area contributed by atoms with Gasteiger partial charge in [-0.25, -0.2) is 13.4 Å². The summed E-state index contributed by atoms with van der Waals surface area (Å²) in [6.45, 7) is 0. The first-order valence-electron chi connectivity index (χ1n) is 9.41. The maximum Gasteiger partial charge on any atom is 0.261 e. The van der Waals surface area contributed by atoms with E-state index in [4.69, 9.17) is 9.47 Å². The molecular weight excluding hydrogens is 450 g/mol. The number of anilines is 2. The number of carbonyl (C=O) groups excluding carboxylic acids is 1. The van der Waals surface area contributed by atoms with Crippen LogP contribution in [0.15, 0.2) is 71.6 Å². The van der Waals surface area contributed by atoms with Crippen molar-refractivity contribution in [3.63, 3.8) is 0 Å². The van der Waals surface area contributed by atoms with Crippen LogP contribution in [0.5, 0.6) is 11.5 Å². The molecule has 0 aliphatic carbocycles. The van der Waals surface area contributed by atoms with Crippen LogP contribution in [0.4, 0.5) is 10.8 Å². The van der Waals surface area contributed by atoms with Crippen LogP contribution in [0.25, 0.3) is 10.2 Å². The standard InChI is InChI=1S/C22H19N3O5S2/c1-29-16-10-8-15(9-11-16)25-32(27,28)17-12-6-14(7-13-17)21(26)24-22-23-20-18(30-2)4-3-5-19(20)31-22/h3-13,25H,1-2H3,(H,23,24,26). The first-order chi connectivity index (χ1) is 15.4. The second-order valence-electron chi connectivity index (χ2n) is 6.64. The van der Waals surface area contributed by atoms with Crippen molar-refractivity contribution in [1.82, 2.24) is 4.98 Å². The first kappa shape index (κ1) is 21.6. The Hall–Kier alpha value is -3.63. The number of ether oxygens (including phenoxy) is 2. The Morgan fingerprint density at radius 2 is 1.66 bits per heavy atom. The molecule has 1 amide bonds. The van der Waals surface area contributed by atoms with E-state index in [2.05, 4.69) is 15.0 Å². The minimum Gasteiger partial charge on any atom is -0.497 e. The number of rotatable bonds is 7. The highest BCUT2D eigenvalue weighted by molar-refractivity contribution is 7.92. The molecule has 0 spiro atoms. The summed E-state index contributed by atoms with van der Waals surface area (Å²) < 4.78 is 39.0. The molecular formula is C22H19N3O5S2. The molecule has 0 saturated heterocycles. The quantitative estimate of drug-likeness (QED) is 0.416. The fourth-order valence-corrected chi connectivity index (χ4v) is 4.91. The molecule has 0 unspecified atom stereocenters. The van der Waals surface area contributed by atoms with Gasteiger partial charge in [-0.1, -0.05) is 17.4 Å². The highest BCUT2D eigenvalue weighted by atomic mass is 32.2. The Balaban J connectivity index is 1.48. The summed E-state index contributed by atoms with van der Waals surface area (Å²) in [6, 6.07) is 17.7. The molecule has 0 bridgehead atoms. The van der Waals surface area contributed by atoms with Crippen LogP contribution in [0.1, 0.15) is 10.4 Å². The molecule has 3 aromatic carbocycles. The Kier molecular flexibility index (Phi) is 5.97. The van der Waals surface area contributed by atoms with Gasteiger partial charge in [0.2, 0.25) is 0 Å². The Bertz CT molecular complexity index is 1370. The topological polar surface area (TPSA) is 107 Å². The molecule has 10 heteroatoms. The molecule has 2 N–H and O–H groups in total. The number of sulfonamides is 1. The van der Waals surface area contributed by atoms with E-state index in [0.29, 0.717) is 33.4 Å². The third-order valence-electron chi connectivity index (χ3n) is 4.59. The minimum atomic E-state index is -3.81. The van der Waals surface area contributed by atoms with Gasteiger partial charge < -0.3 is 9.47 Å². The summed E-state index contributed by atoms with van der Waals surface area (Å²) in [4.78, 5) is 17.1. The van der Waals surface area contributed by atoms with E-state index in [0.717, 1.165) is 4.70 Å². The van der Waals surface area contributed by atoms with Gasteiger partial charge >= 0.3 is 0 Å². The highest BCUT2D eigenvalue weighted by Crippen LogP contribution is 2.32. The molecule has 4 rings (SSSR count). The number of aromatic nitrogens is 1. The predicted molar refractivity (Wildman–Crippen MR) is 124 cm³/mol. The maximum absolute atomic E-state index is 12.6. The largest absolute Gasteiger partial charge is 0.497 e. The molecule has 0 aliphatic heterocycles. The molecule has 4 aromatic rings. The van der Waals surface area contributed by atoms with Crippen LogP contribution in [-0.2, 0) is 10.0 Å². The normalized spacial score (nSPS) is 11.2. The Morgan fingerprint density at radius 3 is 2.31 bits per heavy atom. The molecule has 164 valence electrons. The number of hydrogen-bond acceptors (Lipinski definition) is 7. The van der Waals surface area contributed by atoms with Crippen molar-refractivity contribution in [3.8, 4) is 11.5 Å². The van der Waals surface area contributed by atoms with Gasteiger partial charge in [-0.3, -0.25) is 14.8 Å². The van der Waals surface area contributed by atoms with Gasteiger partial charge in [0.1, 0.15) is 17.0 Å². The summed E-state index contributed by atoms with van der Waals surface area (Å²) in [5.41, 5.74) is 1.37. The SMILES string of the molecule is COc1ccc(NS(=O)(=O)c2ccc(C(=O)Nc3nc4c(OC)cccc4s3)cc2)cc1. The van der Waals surface area contributed by atoms with Crippen LogP contribution >= 0.6 is 11.3 Å². The number of carbonyl (C=O) groups is 1. The van der Waals surface area contributed by atoms with Crippen LogP contribution in [0.3, 0.4) is 0 Å². The summed E-state index contributed by atoms with van der Waals surface area (Å²) >= 11 is 1.32. The van der Waals surface area contributed by atoms with Crippen molar-refractivity contribution < 1.29 is 22.7 Å². The van der Waals surface area contributed by atoms with E-state index in [-0.39, 0.29) is 4.90 Å². The number of amides is 1. The fraction of sp³-hybridized carbons (Fsp3) is 0.0909. The average molecular weight is 470 g/mol. The van der Waals surface area contributed by atoms with Gasteiger partial charge in [0.25, 0.3) is 15.9 Å². The highest BCUT2D eigenvalue weighted by Gasteiger charge is 2.16. The van der Waals surface area contributed by atoms with Crippen LogP contribution in [-0.4, -0.2) is 33.5 Å². The van der Waals surface area contributed by atoms with E-state index in [1.165, 1.54) is 42.7 Å². The van der Waals surface area contributed by atoms with Crippen LogP contribution in [0.2, 0.25) is 0 Å². The van der Waals surface area contributed by atoms with Gasteiger partial charge in [-0.15, -0.1) is 0 Å². The van der Waals surface area contributed by atoms with E-state index in [1.807, 2.05) is 12.1 Å². The van der Waals surface area contributed by atoms with E-state index in [1.54, 1.807) is 37.4 Å². The number of nitrogens with one attached hydrogen (secondary N) is 2. The Morgan fingerprint density at radius 1 is 0.938 bits per heavy atom. The summed E-state index contributed by atoms with van der Waals surface area (Å²) in [6.07, 6.45) is 0. The van der Waals surface area contributed by atoms with Crippen LogP contribution < -0.4 is 19.5 Å². The van der Waals surface area contributed by atoms with Crippen LogP contribution in [0, 0.1) is 0 Å². The summed E-state index contributed by atoms with van der Waals surface area (Å²) in [5.74, 6) is 0.850. The van der Waals surface area contributed by atoms with Gasteiger partial charge in [-0.2, -0.15) is 0 Å². The molecule has 0 aliphatic rings. The van der Waals surface area contributed by atoms with Crippen molar-refractivity contribution in [1.29, 1.82) is 0 Å². The predicted octanol–water partition coefficient (Wildman–Crippen LogP) is 4.37. The lowest BCUT2D eigenvalue weighted by Crippen LogP contribution is -2.14. The number of thiazole rings is 1. The molecule has 0 fully saturated rings. The third kappa shape index (κ3) is 4.51. The van der Waals surface area contributed by atoms with E-state index in [9.17, 15) is 13.2 Å². The number of fused-ring (bicyclic) bond motifs is 1. The minimum absolute atomic E-state index is 0.0367. The van der Waals surface area contributed by atoms with Crippen molar-refractivity contribution in [2.24, 2.45) is 0 Å². The second-order valence-corrected chi connectivity index (χ2v) is 9.35. The lowest BCUT2D eigenvalue weighted by molar-refractivity contribution is 0.102. The van der Waals surface area contributed by atoms with Crippen molar-refractivity contribution in [2.45, 2.75) is 4.90 Å². The van der Waals surface area contributed by atoms with Crippen molar-refractivity contribution in [2.75, 3.05) is 24.3 Å². The van der Waals surface area contributed by atoms with Gasteiger partial charge in [0.15, 0.2) is 5.13 Å². The Labute approximate surface area is 188 Å². The molecule has 0 radical (unpaired) electrons. The number of methoxy groups -OCH3 is 2. The second kappa shape index (κ2) is 8.85. The van der Waals surface area contributed by atoms with Gasteiger partial charge in [-0.05, 0) is 60.7 Å². The van der Waals surface area contributed by atoms with Gasteiger partial charge in [0.05, 0.1) is 23.8 Å². The van der Waals surface area contributed by atoms with E-state index >= 15 is 0 Å². The molecule has 8 nitrogen and oxygen atoms in total. The first-order valence-corrected chi connectivity index (χ1v) is 11.7. The number of para-hydroxylation sites is 1. The number of benzene rings is 3. The van der Waals surface area contributed by atoms with Gasteiger partial charge in [0, 0.05) is 11.3 Å². The lowest BCUT2D eigenvalue weighted by atomic mass is 10.2. The lowest BCUT2D eigenvalue weighted by Gasteiger charge is -2.09. The zero-order chi connectivity index (χ0) is 22.7. The molecule has 0 atom stereocenters. The molecule has 0 saturated carbocycles. The smallest absolute Gasteiger partial charge is 0.261 e. The average Bonchev–Trinajstić information content (AvgIpc) is 3.22. The number of nitrogens with zero attached hydrogens (tertiary/aromatic N) is 1. The van der Waals surface area contributed by atoms with Crippen molar-refractivity contribution >= 4 is 48.3 Å². The maximum atomic E-state index is 12.6. The zero-order valence-electron chi connectivity index (χ0n) is 17.2. The molecule has 32 heavy (non-hydrogen) atoms. The summed E-state index contributed by atoms with van der Waals surface area (Å²) in [5, 5.41) is 3.17. The summed E-state index contributed by atoms with van der Waals surface area (Å²) in [7, 11) is -0.713. The van der Waals surface area contributed by atoms with E-state index < -0.39 is 15.9 Å². The van der Waals surface area contributed by atoms with Crippen molar-refractivity contribution in [3.05, 3.63) is 72.3 Å². The fourth-order valence-electron chi connectivity index (χ4n) is 2.97.